The standard InChI is InChI=1S/C20H24N2O2/c1-2-12-22-15-17(20(23)21-14-18-9-6-13-24-18)10-11-19(22)16-7-4-3-5-8-16/h2-9,13,17,19H,1,10-12,14-15H2,(H,21,23)/t17-,19-/m1/s1. The van der Waals surface area contributed by atoms with Crippen LogP contribution in [0.3, 0.4) is 0 Å². The molecule has 1 amide bonds. The summed E-state index contributed by atoms with van der Waals surface area (Å²) in [6, 6.07) is 14.6. The molecule has 2 heterocycles. The van der Waals surface area contributed by atoms with Crippen LogP contribution in [-0.2, 0) is 11.3 Å². The molecule has 126 valence electrons. The number of hydrogen-bond donors (Lipinski definition) is 1. The van der Waals surface area contributed by atoms with Gasteiger partial charge in [-0.1, -0.05) is 36.4 Å². The van der Waals surface area contributed by atoms with Gasteiger partial charge in [-0.2, -0.15) is 0 Å². The molecule has 1 aliphatic heterocycles. The Bertz CT molecular complexity index is 652. The predicted molar refractivity (Wildman–Crippen MR) is 94.2 cm³/mol. The minimum atomic E-state index is 0.0138. The van der Waals surface area contributed by atoms with Gasteiger partial charge in [-0.05, 0) is 30.5 Å². The number of furan rings is 1. The lowest BCUT2D eigenvalue weighted by atomic mass is 9.88. The molecule has 4 nitrogen and oxygen atoms in total. The second kappa shape index (κ2) is 7.97. The summed E-state index contributed by atoms with van der Waals surface area (Å²) in [7, 11) is 0. The van der Waals surface area contributed by atoms with E-state index < -0.39 is 0 Å². The summed E-state index contributed by atoms with van der Waals surface area (Å²) < 4.78 is 5.27. The first-order valence-corrected chi connectivity index (χ1v) is 8.48. The van der Waals surface area contributed by atoms with Gasteiger partial charge in [0.15, 0.2) is 0 Å². The number of nitrogens with one attached hydrogen (secondary N) is 1. The molecule has 4 heteroatoms. The maximum atomic E-state index is 12.5. The van der Waals surface area contributed by atoms with Crippen molar-refractivity contribution in [3.63, 3.8) is 0 Å². The lowest BCUT2D eigenvalue weighted by Gasteiger charge is -2.39. The molecule has 0 unspecified atom stereocenters. The van der Waals surface area contributed by atoms with Crippen LogP contribution in [0.4, 0.5) is 0 Å². The summed E-state index contributed by atoms with van der Waals surface area (Å²) in [5.74, 6) is 0.899. The molecule has 1 fully saturated rings. The zero-order valence-electron chi connectivity index (χ0n) is 13.9. The Kier molecular flexibility index (Phi) is 5.49. The van der Waals surface area contributed by atoms with Crippen LogP contribution < -0.4 is 5.32 Å². The van der Waals surface area contributed by atoms with Crippen LogP contribution >= 0.6 is 0 Å². The van der Waals surface area contributed by atoms with Crippen molar-refractivity contribution in [1.29, 1.82) is 0 Å². The molecule has 24 heavy (non-hydrogen) atoms. The van der Waals surface area contributed by atoms with E-state index in [9.17, 15) is 4.79 Å². The van der Waals surface area contributed by atoms with E-state index in [0.717, 1.165) is 31.7 Å². The van der Waals surface area contributed by atoms with E-state index in [1.807, 2.05) is 24.3 Å². The summed E-state index contributed by atoms with van der Waals surface area (Å²) in [4.78, 5) is 14.8. The molecule has 0 aliphatic carbocycles. The monoisotopic (exact) mass is 324 g/mol. The Morgan fingerprint density at radius 3 is 2.79 bits per heavy atom. The van der Waals surface area contributed by atoms with Crippen LogP contribution in [0.15, 0.2) is 65.8 Å². The first-order valence-electron chi connectivity index (χ1n) is 8.48. The van der Waals surface area contributed by atoms with Crippen molar-refractivity contribution >= 4 is 5.91 Å². The molecule has 2 aromatic rings. The van der Waals surface area contributed by atoms with Crippen molar-refractivity contribution in [2.24, 2.45) is 5.92 Å². The first-order chi connectivity index (χ1) is 11.8. The number of likely N-dealkylation sites (tertiary alicyclic amines) is 1. The summed E-state index contributed by atoms with van der Waals surface area (Å²) in [5, 5.41) is 2.99. The highest BCUT2D eigenvalue weighted by atomic mass is 16.3. The van der Waals surface area contributed by atoms with Gasteiger partial charge in [-0.3, -0.25) is 9.69 Å². The molecule has 1 N–H and O–H groups in total. The smallest absolute Gasteiger partial charge is 0.224 e. The highest BCUT2D eigenvalue weighted by Gasteiger charge is 2.32. The summed E-state index contributed by atoms with van der Waals surface area (Å²) >= 11 is 0. The van der Waals surface area contributed by atoms with Crippen molar-refractivity contribution in [2.45, 2.75) is 25.4 Å². The lowest BCUT2D eigenvalue weighted by Crippen LogP contribution is -2.44. The van der Waals surface area contributed by atoms with Gasteiger partial charge in [-0.25, -0.2) is 0 Å². The van der Waals surface area contributed by atoms with E-state index in [4.69, 9.17) is 4.42 Å². The molecular weight excluding hydrogens is 300 g/mol. The normalized spacial score (nSPS) is 21.3. The highest BCUT2D eigenvalue weighted by molar-refractivity contribution is 5.78. The van der Waals surface area contributed by atoms with E-state index >= 15 is 0 Å². The van der Waals surface area contributed by atoms with E-state index in [1.165, 1.54) is 5.56 Å². The second-order valence-corrected chi connectivity index (χ2v) is 6.24. The average molecular weight is 324 g/mol. The number of piperidine rings is 1. The van der Waals surface area contributed by atoms with Gasteiger partial charge in [-0.15, -0.1) is 6.58 Å². The van der Waals surface area contributed by atoms with Gasteiger partial charge < -0.3 is 9.73 Å². The topological polar surface area (TPSA) is 45.5 Å². The third kappa shape index (κ3) is 3.95. The zero-order valence-corrected chi connectivity index (χ0v) is 13.9. The zero-order chi connectivity index (χ0) is 16.8. The Labute approximate surface area is 143 Å². The third-order valence-electron chi connectivity index (χ3n) is 4.62. The molecule has 1 aromatic heterocycles. The van der Waals surface area contributed by atoms with Crippen molar-refractivity contribution in [2.75, 3.05) is 13.1 Å². The van der Waals surface area contributed by atoms with Crippen LogP contribution in [0.2, 0.25) is 0 Å². The maximum Gasteiger partial charge on any atom is 0.224 e. The van der Waals surface area contributed by atoms with Crippen LogP contribution in [-0.4, -0.2) is 23.9 Å². The molecular formula is C20H24N2O2. The SMILES string of the molecule is C=CCN1C[C@H](C(=O)NCc2ccco2)CC[C@@H]1c1ccccc1. The van der Waals surface area contributed by atoms with Crippen LogP contribution in [0.1, 0.15) is 30.2 Å². The molecule has 0 bridgehead atoms. The van der Waals surface area contributed by atoms with E-state index in [-0.39, 0.29) is 11.8 Å². The fraction of sp³-hybridized carbons (Fsp3) is 0.350. The van der Waals surface area contributed by atoms with Gasteiger partial charge in [0, 0.05) is 19.1 Å². The first kappa shape index (κ1) is 16.5. The predicted octanol–water partition coefficient (Wildman–Crippen LogP) is 3.54. The quantitative estimate of drug-likeness (QED) is 0.827. The van der Waals surface area contributed by atoms with E-state index in [1.54, 1.807) is 6.26 Å². The minimum Gasteiger partial charge on any atom is -0.467 e. The maximum absolute atomic E-state index is 12.5. The fourth-order valence-electron chi connectivity index (χ4n) is 3.41. The molecule has 0 spiro atoms. The number of carbonyl (C=O) groups excluding carboxylic acids is 1. The summed E-state index contributed by atoms with van der Waals surface area (Å²) in [6.07, 6.45) is 5.42. The highest BCUT2D eigenvalue weighted by Crippen LogP contribution is 2.33. The van der Waals surface area contributed by atoms with E-state index in [2.05, 4.69) is 41.1 Å². The van der Waals surface area contributed by atoms with Crippen molar-refractivity contribution < 1.29 is 9.21 Å². The lowest BCUT2D eigenvalue weighted by molar-refractivity contribution is -0.127. The number of amides is 1. The van der Waals surface area contributed by atoms with Crippen molar-refractivity contribution in [3.8, 4) is 0 Å². The minimum absolute atomic E-state index is 0.0138. The van der Waals surface area contributed by atoms with Gasteiger partial charge in [0.1, 0.15) is 5.76 Å². The Hall–Kier alpha value is -2.33. The largest absolute Gasteiger partial charge is 0.467 e. The number of rotatable bonds is 6. The molecule has 1 aromatic carbocycles. The van der Waals surface area contributed by atoms with Crippen LogP contribution in [0.5, 0.6) is 0 Å². The number of hydrogen-bond acceptors (Lipinski definition) is 3. The molecule has 3 rings (SSSR count). The van der Waals surface area contributed by atoms with Gasteiger partial charge >= 0.3 is 0 Å². The van der Waals surface area contributed by atoms with Crippen LogP contribution in [0, 0.1) is 5.92 Å². The van der Waals surface area contributed by atoms with Crippen LogP contribution in [0.25, 0.3) is 0 Å². The Morgan fingerprint density at radius 1 is 1.25 bits per heavy atom. The molecule has 2 atom stereocenters. The molecule has 0 saturated carbocycles. The Balaban J connectivity index is 1.61. The summed E-state index contributed by atoms with van der Waals surface area (Å²) in [6.45, 7) is 5.87. The average Bonchev–Trinajstić information content (AvgIpc) is 3.14. The van der Waals surface area contributed by atoms with Crippen molar-refractivity contribution in [3.05, 3.63) is 72.7 Å². The van der Waals surface area contributed by atoms with Gasteiger partial charge in [0.2, 0.25) is 5.91 Å². The van der Waals surface area contributed by atoms with Gasteiger partial charge in [0.05, 0.1) is 18.7 Å². The second-order valence-electron chi connectivity index (χ2n) is 6.24. The fourth-order valence-corrected chi connectivity index (χ4v) is 3.41. The third-order valence-corrected chi connectivity index (χ3v) is 4.62. The van der Waals surface area contributed by atoms with Crippen molar-refractivity contribution in [1.82, 2.24) is 10.2 Å². The molecule has 1 aliphatic rings. The molecule has 1 saturated heterocycles. The number of carbonyl (C=O) groups is 1. The van der Waals surface area contributed by atoms with E-state index in [0.29, 0.717) is 12.6 Å². The molecule has 0 radical (unpaired) electrons. The number of nitrogens with zero attached hydrogens (tertiary/aromatic N) is 1. The summed E-state index contributed by atoms with van der Waals surface area (Å²) in [5.41, 5.74) is 1.31. The Morgan fingerprint density at radius 2 is 2.08 bits per heavy atom. The number of benzene rings is 1. The van der Waals surface area contributed by atoms with Gasteiger partial charge in [0.25, 0.3) is 0 Å².